The van der Waals surface area contributed by atoms with Gasteiger partial charge in [0, 0.05) is 43.5 Å². The zero-order valence-electron chi connectivity index (χ0n) is 14.3. The number of anilines is 1. The summed E-state index contributed by atoms with van der Waals surface area (Å²) in [6, 6.07) is 7.74. The maximum atomic E-state index is 12.0. The summed E-state index contributed by atoms with van der Waals surface area (Å²) >= 11 is 0. The normalized spacial score (nSPS) is 14.1. The Balaban J connectivity index is 1.28. The standard InChI is InChI=1S/C18H18N6O2/c1-12-15(9-21-26-12)18(25)20-8-13-10-24(11-13)17-3-2-16(22-23-17)14-4-6-19-7-5-14/h2-7,9,13H,8,10-11H2,1H3,(H,20,25). The quantitative estimate of drug-likeness (QED) is 0.748. The van der Waals surface area contributed by atoms with Gasteiger partial charge >= 0.3 is 0 Å². The third-order valence-corrected chi connectivity index (χ3v) is 4.45. The van der Waals surface area contributed by atoms with Gasteiger partial charge < -0.3 is 14.7 Å². The molecule has 0 atom stereocenters. The number of hydrogen-bond acceptors (Lipinski definition) is 7. The number of nitrogens with one attached hydrogen (secondary N) is 1. The Labute approximate surface area is 150 Å². The number of aryl methyl sites for hydroxylation is 1. The molecule has 0 unspecified atom stereocenters. The molecule has 0 aromatic carbocycles. The molecule has 1 aliphatic rings. The molecule has 0 radical (unpaired) electrons. The molecule has 0 spiro atoms. The van der Waals surface area contributed by atoms with Crippen LogP contribution >= 0.6 is 0 Å². The Bertz CT molecular complexity index is 888. The molecule has 8 nitrogen and oxygen atoms in total. The van der Waals surface area contributed by atoms with Gasteiger partial charge in [-0.3, -0.25) is 9.78 Å². The highest BCUT2D eigenvalue weighted by molar-refractivity contribution is 5.94. The van der Waals surface area contributed by atoms with Gasteiger partial charge in [-0.2, -0.15) is 0 Å². The molecule has 0 aliphatic carbocycles. The second-order valence-electron chi connectivity index (χ2n) is 6.29. The number of carbonyl (C=O) groups is 1. The van der Waals surface area contributed by atoms with Crippen molar-refractivity contribution in [2.75, 3.05) is 24.5 Å². The Morgan fingerprint density at radius 3 is 2.69 bits per heavy atom. The minimum Gasteiger partial charge on any atom is -0.361 e. The van der Waals surface area contributed by atoms with Crippen molar-refractivity contribution in [1.29, 1.82) is 0 Å². The largest absolute Gasteiger partial charge is 0.361 e. The fraction of sp³-hybridized carbons (Fsp3) is 0.278. The van der Waals surface area contributed by atoms with Gasteiger partial charge in [-0.1, -0.05) is 5.16 Å². The van der Waals surface area contributed by atoms with Crippen LogP contribution in [-0.2, 0) is 0 Å². The van der Waals surface area contributed by atoms with E-state index in [9.17, 15) is 4.79 Å². The molecule has 4 heterocycles. The van der Waals surface area contributed by atoms with Gasteiger partial charge in [0.25, 0.3) is 5.91 Å². The van der Waals surface area contributed by atoms with E-state index in [0.29, 0.717) is 23.8 Å². The monoisotopic (exact) mass is 350 g/mol. The van der Waals surface area contributed by atoms with Gasteiger partial charge in [0.15, 0.2) is 5.82 Å². The van der Waals surface area contributed by atoms with E-state index in [0.717, 1.165) is 30.2 Å². The summed E-state index contributed by atoms with van der Waals surface area (Å²) in [5.74, 6) is 1.62. The lowest BCUT2D eigenvalue weighted by molar-refractivity contribution is 0.0943. The van der Waals surface area contributed by atoms with E-state index in [1.54, 1.807) is 19.3 Å². The molecule has 132 valence electrons. The summed E-state index contributed by atoms with van der Waals surface area (Å²) in [6.07, 6.45) is 4.92. The molecule has 4 rings (SSSR count). The average Bonchev–Trinajstić information content (AvgIpc) is 3.07. The van der Waals surface area contributed by atoms with Gasteiger partial charge in [0.1, 0.15) is 11.3 Å². The van der Waals surface area contributed by atoms with Crippen LogP contribution in [0.25, 0.3) is 11.3 Å². The van der Waals surface area contributed by atoms with Crippen LogP contribution in [-0.4, -0.2) is 45.9 Å². The van der Waals surface area contributed by atoms with E-state index in [-0.39, 0.29) is 5.91 Å². The van der Waals surface area contributed by atoms with Gasteiger partial charge in [-0.15, -0.1) is 10.2 Å². The summed E-state index contributed by atoms with van der Waals surface area (Å²) < 4.78 is 4.91. The Hall–Kier alpha value is -3.29. The summed E-state index contributed by atoms with van der Waals surface area (Å²) in [7, 11) is 0. The number of nitrogens with zero attached hydrogens (tertiary/aromatic N) is 5. The van der Waals surface area contributed by atoms with Crippen molar-refractivity contribution in [3.8, 4) is 11.3 Å². The van der Waals surface area contributed by atoms with Crippen LogP contribution in [0.5, 0.6) is 0 Å². The van der Waals surface area contributed by atoms with Crippen LogP contribution in [0.1, 0.15) is 16.1 Å². The third-order valence-electron chi connectivity index (χ3n) is 4.45. The topological polar surface area (TPSA) is 97.0 Å². The SMILES string of the molecule is Cc1oncc1C(=O)NCC1CN(c2ccc(-c3ccncc3)nn2)C1. The number of pyridine rings is 1. The molecule has 3 aromatic heterocycles. The average molecular weight is 350 g/mol. The zero-order chi connectivity index (χ0) is 17.9. The first-order chi connectivity index (χ1) is 12.7. The zero-order valence-corrected chi connectivity index (χ0v) is 14.3. The molecule has 3 aromatic rings. The second kappa shape index (κ2) is 6.91. The minimum absolute atomic E-state index is 0.149. The lowest BCUT2D eigenvalue weighted by Gasteiger charge is -2.39. The molecule has 26 heavy (non-hydrogen) atoms. The van der Waals surface area contributed by atoms with Gasteiger partial charge in [0.05, 0.1) is 11.9 Å². The van der Waals surface area contributed by atoms with Gasteiger partial charge in [-0.05, 0) is 31.2 Å². The van der Waals surface area contributed by atoms with Crippen LogP contribution < -0.4 is 10.2 Å². The summed E-state index contributed by atoms with van der Waals surface area (Å²) in [4.78, 5) is 18.2. The molecule has 0 bridgehead atoms. The minimum atomic E-state index is -0.149. The van der Waals surface area contributed by atoms with Crippen LogP contribution in [0.15, 0.2) is 47.4 Å². The number of aromatic nitrogens is 4. The van der Waals surface area contributed by atoms with Crippen molar-refractivity contribution in [1.82, 2.24) is 25.7 Å². The lowest BCUT2D eigenvalue weighted by atomic mass is 10.00. The van der Waals surface area contributed by atoms with Crippen molar-refractivity contribution in [2.24, 2.45) is 5.92 Å². The van der Waals surface area contributed by atoms with E-state index in [1.807, 2.05) is 24.3 Å². The molecule has 1 fully saturated rings. The molecule has 1 saturated heterocycles. The first kappa shape index (κ1) is 16.2. The van der Waals surface area contributed by atoms with E-state index in [2.05, 4.69) is 30.6 Å². The van der Waals surface area contributed by atoms with Gasteiger partial charge in [0.2, 0.25) is 0 Å². The Morgan fingerprint density at radius 2 is 2.04 bits per heavy atom. The van der Waals surface area contributed by atoms with Crippen LogP contribution in [0.4, 0.5) is 5.82 Å². The molecule has 0 saturated carbocycles. The third kappa shape index (κ3) is 3.26. The number of rotatable bonds is 5. The molecule has 1 aliphatic heterocycles. The lowest BCUT2D eigenvalue weighted by Crippen LogP contribution is -2.51. The van der Waals surface area contributed by atoms with Crippen LogP contribution in [0, 0.1) is 12.8 Å². The smallest absolute Gasteiger partial charge is 0.256 e. The predicted molar refractivity (Wildman–Crippen MR) is 94.5 cm³/mol. The van der Waals surface area contributed by atoms with Crippen molar-refractivity contribution in [3.63, 3.8) is 0 Å². The molecular formula is C18H18N6O2. The van der Waals surface area contributed by atoms with Crippen molar-refractivity contribution in [2.45, 2.75) is 6.92 Å². The molecule has 1 N–H and O–H groups in total. The maximum absolute atomic E-state index is 12.0. The summed E-state index contributed by atoms with van der Waals surface area (Å²) in [5.41, 5.74) is 2.30. The Morgan fingerprint density at radius 1 is 1.23 bits per heavy atom. The summed E-state index contributed by atoms with van der Waals surface area (Å²) in [5, 5.41) is 15.1. The molecular weight excluding hydrogens is 332 g/mol. The second-order valence-corrected chi connectivity index (χ2v) is 6.29. The highest BCUT2D eigenvalue weighted by Crippen LogP contribution is 2.23. The fourth-order valence-corrected chi connectivity index (χ4v) is 2.91. The fourth-order valence-electron chi connectivity index (χ4n) is 2.91. The highest BCUT2D eigenvalue weighted by Gasteiger charge is 2.28. The highest BCUT2D eigenvalue weighted by atomic mass is 16.5. The molecule has 8 heteroatoms. The van der Waals surface area contributed by atoms with Crippen LogP contribution in [0.3, 0.4) is 0 Å². The summed E-state index contributed by atoms with van der Waals surface area (Å²) in [6.45, 7) is 4.02. The maximum Gasteiger partial charge on any atom is 0.256 e. The number of hydrogen-bond donors (Lipinski definition) is 1. The Kier molecular flexibility index (Phi) is 4.30. The van der Waals surface area contributed by atoms with Gasteiger partial charge in [-0.25, -0.2) is 0 Å². The first-order valence-corrected chi connectivity index (χ1v) is 8.39. The van der Waals surface area contributed by atoms with Crippen LogP contribution in [0.2, 0.25) is 0 Å². The van der Waals surface area contributed by atoms with Crippen molar-refractivity contribution in [3.05, 3.63) is 54.2 Å². The van der Waals surface area contributed by atoms with Crippen molar-refractivity contribution < 1.29 is 9.32 Å². The van der Waals surface area contributed by atoms with E-state index in [4.69, 9.17) is 4.52 Å². The van der Waals surface area contributed by atoms with E-state index >= 15 is 0 Å². The van der Waals surface area contributed by atoms with E-state index in [1.165, 1.54) is 6.20 Å². The first-order valence-electron chi connectivity index (χ1n) is 8.39. The molecule has 1 amide bonds. The van der Waals surface area contributed by atoms with Crippen molar-refractivity contribution >= 4 is 11.7 Å². The number of carbonyl (C=O) groups excluding carboxylic acids is 1. The number of amides is 1. The van der Waals surface area contributed by atoms with E-state index < -0.39 is 0 Å². The predicted octanol–water partition coefficient (Wildman–Crippen LogP) is 1.70.